The van der Waals surface area contributed by atoms with Gasteiger partial charge in [-0.25, -0.2) is 4.98 Å². The van der Waals surface area contributed by atoms with Gasteiger partial charge in [-0.1, -0.05) is 19.3 Å². The number of methoxy groups -OCH3 is 1. The van der Waals surface area contributed by atoms with Crippen LogP contribution in [0.15, 0.2) is 18.5 Å². The third-order valence-corrected chi connectivity index (χ3v) is 6.79. The minimum atomic E-state index is 0.0186. The Morgan fingerprint density at radius 2 is 1.90 bits per heavy atom. The summed E-state index contributed by atoms with van der Waals surface area (Å²) in [5, 5.41) is 3.08. The summed E-state index contributed by atoms with van der Waals surface area (Å²) < 4.78 is 7.22. The van der Waals surface area contributed by atoms with Crippen molar-refractivity contribution in [2.24, 2.45) is 5.92 Å². The van der Waals surface area contributed by atoms with Gasteiger partial charge in [0.2, 0.25) is 5.91 Å². The van der Waals surface area contributed by atoms with Crippen molar-refractivity contribution >= 4 is 28.5 Å². The Balaban J connectivity index is 1.68. The van der Waals surface area contributed by atoms with Crippen LogP contribution in [0.25, 0.3) is 11.0 Å². The van der Waals surface area contributed by atoms with E-state index in [2.05, 4.69) is 17.2 Å². The first-order valence-corrected chi connectivity index (χ1v) is 11.7. The Morgan fingerprint density at radius 3 is 2.65 bits per heavy atom. The number of imidazole rings is 1. The van der Waals surface area contributed by atoms with Gasteiger partial charge in [0.05, 0.1) is 29.5 Å². The van der Waals surface area contributed by atoms with Crippen LogP contribution in [0.5, 0.6) is 0 Å². The van der Waals surface area contributed by atoms with Crippen LogP contribution in [0.3, 0.4) is 0 Å². The Hall–Kier alpha value is -2.41. The summed E-state index contributed by atoms with van der Waals surface area (Å²) in [4.78, 5) is 33.0. The zero-order valence-corrected chi connectivity index (χ0v) is 18.7. The summed E-state index contributed by atoms with van der Waals surface area (Å²) in [5.74, 6) is 0.137. The largest absolute Gasteiger partial charge is 0.383 e. The highest BCUT2D eigenvalue weighted by molar-refractivity contribution is 6.07. The molecule has 1 N–H and O–H groups in total. The van der Waals surface area contributed by atoms with E-state index < -0.39 is 0 Å². The van der Waals surface area contributed by atoms with Gasteiger partial charge in [0.1, 0.15) is 0 Å². The van der Waals surface area contributed by atoms with E-state index >= 15 is 0 Å². The smallest absolute Gasteiger partial charge is 0.256 e. The number of fused-ring (bicyclic) bond motifs is 1. The molecule has 168 valence electrons. The number of likely N-dealkylation sites (tertiary alicyclic amines) is 1. The molecule has 2 fully saturated rings. The number of benzene rings is 1. The Bertz CT molecular complexity index is 932. The summed E-state index contributed by atoms with van der Waals surface area (Å²) in [6.07, 6.45) is 10.3. The van der Waals surface area contributed by atoms with E-state index in [1.165, 1.54) is 6.42 Å². The number of piperidine rings is 1. The van der Waals surface area contributed by atoms with Crippen molar-refractivity contribution in [1.82, 2.24) is 14.5 Å². The highest BCUT2D eigenvalue weighted by atomic mass is 16.5. The Kier molecular flexibility index (Phi) is 6.90. The molecule has 1 saturated carbocycles. The minimum Gasteiger partial charge on any atom is -0.383 e. The predicted octanol–water partition coefficient (Wildman–Crippen LogP) is 4.22. The van der Waals surface area contributed by atoms with Crippen LogP contribution in [0.1, 0.15) is 68.6 Å². The van der Waals surface area contributed by atoms with Crippen molar-refractivity contribution in [1.29, 1.82) is 0 Å². The number of nitrogens with one attached hydrogen (secondary N) is 1. The maximum Gasteiger partial charge on any atom is 0.256 e. The lowest BCUT2D eigenvalue weighted by molar-refractivity contribution is -0.120. The number of hydrogen-bond acceptors (Lipinski definition) is 4. The average Bonchev–Trinajstić information content (AvgIpc) is 3.20. The van der Waals surface area contributed by atoms with Crippen molar-refractivity contribution in [2.75, 3.05) is 25.6 Å². The van der Waals surface area contributed by atoms with E-state index in [1.54, 1.807) is 13.4 Å². The molecular formula is C24H34N4O3. The molecule has 1 aliphatic heterocycles. The van der Waals surface area contributed by atoms with Crippen molar-refractivity contribution in [3.8, 4) is 0 Å². The van der Waals surface area contributed by atoms with Gasteiger partial charge in [0, 0.05) is 37.8 Å². The minimum absolute atomic E-state index is 0.0186. The molecule has 2 aromatic rings. The molecule has 1 aromatic heterocycles. The maximum absolute atomic E-state index is 13.6. The number of anilines is 1. The number of hydrogen-bond donors (Lipinski definition) is 1. The van der Waals surface area contributed by atoms with E-state index in [1.807, 2.05) is 21.6 Å². The zero-order valence-electron chi connectivity index (χ0n) is 18.7. The standard InChI is InChI=1S/C24H34N4O3/c1-17-8-6-7-11-28(17)24(30)20-14-19(26-23(29)18-9-4-3-5-10-18)15-21-22(20)27(16-25-21)12-13-31-2/h14-18H,3-13H2,1-2H3,(H,26,29)/t17-/m1/s1. The van der Waals surface area contributed by atoms with Crippen molar-refractivity contribution in [3.63, 3.8) is 0 Å². The summed E-state index contributed by atoms with van der Waals surface area (Å²) >= 11 is 0. The van der Waals surface area contributed by atoms with Gasteiger partial charge in [-0.3, -0.25) is 9.59 Å². The molecule has 2 heterocycles. The molecule has 1 aromatic carbocycles. The van der Waals surface area contributed by atoms with Gasteiger partial charge in [0.15, 0.2) is 0 Å². The SMILES string of the molecule is COCCn1cnc2cc(NC(=O)C3CCCCC3)cc(C(=O)N3CCCC[C@H]3C)c21. The molecule has 0 bridgehead atoms. The first kappa shape index (κ1) is 21.8. The lowest BCUT2D eigenvalue weighted by atomic mass is 9.88. The lowest BCUT2D eigenvalue weighted by Gasteiger charge is -2.33. The van der Waals surface area contributed by atoms with Gasteiger partial charge in [-0.2, -0.15) is 0 Å². The van der Waals surface area contributed by atoms with Gasteiger partial charge < -0.3 is 19.5 Å². The third-order valence-electron chi connectivity index (χ3n) is 6.79. The van der Waals surface area contributed by atoms with Crippen molar-refractivity contribution in [3.05, 3.63) is 24.0 Å². The normalized spacial score (nSPS) is 20.2. The first-order chi connectivity index (χ1) is 15.1. The summed E-state index contributed by atoms with van der Waals surface area (Å²) in [7, 11) is 1.67. The molecule has 0 radical (unpaired) electrons. The molecule has 2 amide bonds. The summed E-state index contributed by atoms with van der Waals surface area (Å²) in [6, 6.07) is 3.94. The molecule has 7 nitrogen and oxygen atoms in total. The van der Waals surface area contributed by atoms with Crippen LogP contribution >= 0.6 is 0 Å². The van der Waals surface area contributed by atoms with Crippen LogP contribution in [-0.2, 0) is 16.1 Å². The Labute approximate surface area is 184 Å². The van der Waals surface area contributed by atoms with Gasteiger partial charge in [0.25, 0.3) is 5.91 Å². The highest BCUT2D eigenvalue weighted by Gasteiger charge is 2.28. The topological polar surface area (TPSA) is 76.5 Å². The lowest BCUT2D eigenvalue weighted by Crippen LogP contribution is -2.42. The van der Waals surface area contributed by atoms with Crippen molar-refractivity contribution in [2.45, 2.75) is 70.9 Å². The number of rotatable bonds is 6. The van der Waals surface area contributed by atoms with Crippen molar-refractivity contribution < 1.29 is 14.3 Å². The van der Waals surface area contributed by atoms with E-state index in [0.717, 1.165) is 62.5 Å². The highest BCUT2D eigenvalue weighted by Crippen LogP contribution is 2.29. The Morgan fingerprint density at radius 1 is 1.13 bits per heavy atom. The van der Waals surface area contributed by atoms with Gasteiger partial charge in [-0.05, 0) is 51.2 Å². The zero-order chi connectivity index (χ0) is 21.8. The fourth-order valence-electron chi connectivity index (χ4n) is 4.97. The predicted molar refractivity (Wildman–Crippen MR) is 121 cm³/mol. The number of aromatic nitrogens is 2. The summed E-state index contributed by atoms with van der Waals surface area (Å²) in [5.41, 5.74) is 2.81. The van der Waals surface area contributed by atoms with Crippen LogP contribution in [0.4, 0.5) is 5.69 Å². The van der Waals surface area contributed by atoms with E-state index in [4.69, 9.17) is 4.74 Å². The molecule has 0 unspecified atom stereocenters. The second-order valence-electron chi connectivity index (χ2n) is 8.99. The fourth-order valence-corrected chi connectivity index (χ4v) is 4.97. The van der Waals surface area contributed by atoms with E-state index in [0.29, 0.717) is 24.4 Å². The molecule has 1 atom stereocenters. The second-order valence-corrected chi connectivity index (χ2v) is 8.99. The number of amides is 2. The van der Waals surface area contributed by atoms with E-state index in [9.17, 15) is 9.59 Å². The monoisotopic (exact) mass is 426 g/mol. The third kappa shape index (κ3) is 4.76. The molecule has 7 heteroatoms. The number of carbonyl (C=O) groups is 2. The molecule has 0 spiro atoms. The molecule has 1 saturated heterocycles. The number of carbonyl (C=O) groups excluding carboxylic acids is 2. The van der Waals surface area contributed by atoms with Gasteiger partial charge in [-0.15, -0.1) is 0 Å². The second kappa shape index (κ2) is 9.81. The first-order valence-electron chi connectivity index (χ1n) is 11.7. The molecule has 31 heavy (non-hydrogen) atoms. The van der Waals surface area contributed by atoms with Gasteiger partial charge >= 0.3 is 0 Å². The van der Waals surface area contributed by atoms with Crippen LogP contribution in [0.2, 0.25) is 0 Å². The fraction of sp³-hybridized carbons (Fsp3) is 0.625. The van der Waals surface area contributed by atoms with E-state index in [-0.39, 0.29) is 23.8 Å². The molecular weight excluding hydrogens is 392 g/mol. The molecule has 4 rings (SSSR count). The average molecular weight is 427 g/mol. The number of ether oxygens (including phenoxy) is 1. The van der Waals surface area contributed by atoms with Crippen LogP contribution in [-0.4, -0.2) is 52.6 Å². The molecule has 1 aliphatic carbocycles. The maximum atomic E-state index is 13.6. The number of nitrogens with zero attached hydrogens (tertiary/aromatic N) is 3. The summed E-state index contributed by atoms with van der Waals surface area (Å²) in [6.45, 7) is 4.05. The molecule has 2 aliphatic rings. The quantitative estimate of drug-likeness (QED) is 0.750. The van der Waals surface area contributed by atoms with Crippen LogP contribution in [0, 0.1) is 5.92 Å². The van der Waals surface area contributed by atoms with Crippen LogP contribution < -0.4 is 5.32 Å².